The van der Waals surface area contributed by atoms with E-state index in [4.69, 9.17) is 5.11 Å². The van der Waals surface area contributed by atoms with Gasteiger partial charge in [0.1, 0.15) is 0 Å². The molecule has 0 unspecified atom stereocenters. The molecule has 0 fully saturated rings. The van der Waals surface area contributed by atoms with E-state index in [0.717, 1.165) is 24.8 Å². The van der Waals surface area contributed by atoms with Crippen molar-refractivity contribution < 1.29 is 9.90 Å². The SMILES string of the molecule is C=CC1=C(C(=O)O)CCCC1. The van der Waals surface area contributed by atoms with Gasteiger partial charge >= 0.3 is 5.97 Å². The van der Waals surface area contributed by atoms with Gasteiger partial charge < -0.3 is 5.11 Å². The second kappa shape index (κ2) is 3.37. The highest BCUT2D eigenvalue weighted by atomic mass is 16.4. The summed E-state index contributed by atoms with van der Waals surface area (Å²) in [6.45, 7) is 3.60. The molecule has 0 amide bonds. The number of aliphatic carboxylic acids is 1. The lowest BCUT2D eigenvalue weighted by atomic mass is 9.92. The average molecular weight is 152 g/mol. The van der Waals surface area contributed by atoms with Gasteiger partial charge in [-0.3, -0.25) is 0 Å². The fraction of sp³-hybridized carbons (Fsp3) is 0.444. The van der Waals surface area contributed by atoms with Crippen LogP contribution in [0.4, 0.5) is 0 Å². The standard InChI is InChI=1S/C9H12O2/c1-2-7-5-3-4-6-8(7)9(10)11/h2H,1,3-6H2,(H,10,11). The van der Waals surface area contributed by atoms with Crippen molar-refractivity contribution in [2.45, 2.75) is 25.7 Å². The molecule has 2 nitrogen and oxygen atoms in total. The third-order valence-electron chi connectivity index (χ3n) is 2.02. The lowest BCUT2D eigenvalue weighted by Crippen LogP contribution is -2.07. The molecule has 0 aromatic carbocycles. The van der Waals surface area contributed by atoms with E-state index in [2.05, 4.69) is 6.58 Å². The van der Waals surface area contributed by atoms with Crippen LogP contribution >= 0.6 is 0 Å². The zero-order chi connectivity index (χ0) is 8.27. The van der Waals surface area contributed by atoms with Crippen LogP contribution in [0.3, 0.4) is 0 Å². The van der Waals surface area contributed by atoms with E-state index in [9.17, 15) is 4.79 Å². The first-order valence-corrected chi connectivity index (χ1v) is 3.83. The van der Waals surface area contributed by atoms with Crippen molar-refractivity contribution in [1.29, 1.82) is 0 Å². The molecule has 1 N–H and O–H groups in total. The van der Waals surface area contributed by atoms with Gasteiger partial charge in [-0.15, -0.1) is 0 Å². The van der Waals surface area contributed by atoms with Gasteiger partial charge in [-0.1, -0.05) is 12.7 Å². The van der Waals surface area contributed by atoms with Crippen LogP contribution in [0, 0.1) is 0 Å². The molecule has 2 heteroatoms. The Morgan fingerprint density at radius 1 is 1.45 bits per heavy atom. The summed E-state index contributed by atoms with van der Waals surface area (Å²) >= 11 is 0. The van der Waals surface area contributed by atoms with Crippen LogP contribution in [0.5, 0.6) is 0 Å². The molecule has 0 radical (unpaired) electrons. The summed E-state index contributed by atoms with van der Waals surface area (Å²) in [5, 5.41) is 8.73. The topological polar surface area (TPSA) is 37.3 Å². The summed E-state index contributed by atoms with van der Waals surface area (Å²) in [4.78, 5) is 10.6. The summed E-state index contributed by atoms with van der Waals surface area (Å²) in [6.07, 6.45) is 5.35. The van der Waals surface area contributed by atoms with E-state index < -0.39 is 5.97 Å². The van der Waals surface area contributed by atoms with Gasteiger partial charge in [0, 0.05) is 5.57 Å². The van der Waals surface area contributed by atoms with E-state index >= 15 is 0 Å². The van der Waals surface area contributed by atoms with E-state index in [-0.39, 0.29) is 0 Å². The van der Waals surface area contributed by atoms with Crippen molar-refractivity contribution in [2.24, 2.45) is 0 Å². The van der Waals surface area contributed by atoms with Gasteiger partial charge in [0.2, 0.25) is 0 Å². The maximum Gasteiger partial charge on any atom is 0.331 e. The average Bonchev–Trinajstić information content (AvgIpc) is 2.04. The molecule has 0 atom stereocenters. The molecule has 0 bridgehead atoms. The fourth-order valence-electron chi connectivity index (χ4n) is 1.40. The van der Waals surface area contributed by atoms with E-state index in [1.807, 2.05) is 0 Å². The lowest BCUT2D eigenvalue weighted by molar-refractivity contribution is -0.132. The zero-order valence-corrected chi connectivity index (χ0v) is 6.47. The molecule has 1 aliphatic rings. The van der Waals surface area contributed by atoms with Crippen LogP contribution in [-0.2, 0) is 4.79 Å². The van der Waals surface area contributed by atoms with Gasteiger partial charge in [-0.05, 0) is 31.3 Å². The van der Waals surface area contributed by atoms with Crippen molar-refractivity contribution >= 4 is 5.97 Å². The highest BCUT2D eigenvalue weighted by Gasteiger charge is 2.15. The molecule has 0 aromatic heterocycles. The molecular weight excluding hydrogens is 140 g/mol. The number of carboxylic acids is 1. The van der Waals surface area contributed by atoms with Gasteiger partial charge in [-0.2, -0.15) is 0 Å². The minimum absolute atomic E-state index is 0.561. The minimum atomic E-state index is -0.778. The third kappa shape index (κ3) is 1.70. The second-order valence-electron chi connectivity index (χ2n) is 2.72. The molecule has 11 heavy (non-hydrogen) atoms. The molecule has 0 saturated heterocycles. The highest BCUT2D eigenvalue weighted by Crippen LogP contribution is 2.25. The molecule has 0 heterocycles. The number of carbonyl (C=O) groups is 1. The Morgan fingerprint density at radius 2 is 2.09 bits per heavy atom. The Hall–Kier alpha value is -1.05. The molecule has 0 saturated carbocycles. The maximum absolute atomic E-state index is 10.6. The van der Waals surface area contributed by atoms with Crippen LogP contribution in [0.25, 0.3) is 0 Å². The van der Waals surface area contributed by atoms with Gasteiger partial charge in [-0.25, -0.2) is 4.79 Å². The quantitative estimate of drug-likeness (QED) is 0.658. The first-order valence-electron chi connectivity index (χ1n) is 3.83. The van der Waals surface area contributed by atoms with Crippen LogP contribution in [0.2, 0.25) is 0 Å². The number of rotatable bonds is 2. The largest absolute Gasteiger partial charge is 0.478 e. The van der Waals surface area contributed by atoms with Crippen LogP contribution in [0.1, 0.15) is 25.7 Å². The Labute approximate surface area is 66.2 Å². The molecule has 0 aromatic rings. The number of hydrogen-bond acceptors (Lipinski definition) is 1. The van der Waals surface area contributed by atoms with Crippen molar-refractivity contribution in [3.63, 3.8) is 0 Å². The van der Waals surface area contributed by atoms with E-state index in [0.29, 0.717) is 12.0 Å². The van der Waals surface area contributed by atoms with Gasteiger partial charge in [0.05, 0.1) is 0 Å². The molecule has 1 aliphatic carbocycles. The van der Waals surface area contributed by atoms with Crippen molar-refractivity contribution in [1.82, 2.24) is 0 Å². The maximum atomic E-state index is 10.6. The summed E-state index contributed by atoms with van der Waals surface area (Å²) < 4.78 is 0. The Kier molecular flexibility index (Phi) is 2.47. The minimum Gasteiger partial charge on any atom is -0.478 e. The van der Waals surface area contributed by atoms with Gasteiger partial charge in [0.25, 0.3) is 0 Å². The fourth-order valence-corrected chi connectivity index (χ4v) is 1.40. The van der Waals surface area contributed by atoms with Crippen molar-refractivity contribution in [3.05, 3.63) is 23.8 Å². The number of allylic oxidation sites excluding steroid dienone is 2. The normalized spacial score (nSPS) is 18.2. The summed E-state index contributed by atoms with van der Waals surface area (Å²) in [7, 11) is 0. The summed E-state index contributed by atoms with van der Waals surface area (Å²) in [5.41, 5.74) is 1.48. The Morgan fingerprint density at radius 3 is 2.55 bits per heavy atom. The highest BCUT2D eigenvalue weighted by molar-refractivity contribution is 5.88. The third-order valence-corrected chi connectivity index (χ3v) is 2.02. The van der Waals surface area contributed by atoms with Gasteiger partial charge in [0.15, 0.2) is 0 Å². The van der Waals surface area contributed by atoms with E-state index in [1.54, 1.807) is 6.08 Å². The van der Waals surface area contributed by atoms with Crippen molar-refractivity contribution in [2.75, 3.05) is 0 Å². The lowest BCUT2D eigenvalue weighted by Gasteiger charge is -2.13. The van der Waals surface area contributed by atoms with Crippen LogP contribution in [0.15, 0.2) is 23.8 Å². The number of carboxylic acid groups (broad SMARTS) is 1. The summed E-state index contributed by atoms with van der Waals surface area (Å²) in [5.74, 6) is -0.778. The molecular formula is C9H12O2. The van der Waals surface area contributed by atoms with E-state index in [1.165, 1.54) is 0 Å². The molecule has 0 aliphatic heterocycles. The predicted octanol–water partition coefficient (Wildman–Crippen LogP) is 2.13. The van der Waals surface area contributed by atoms with Crippen LogP contribution in [-0.4, -0.2) is 11.1 Å². The van der Waals surface area contributed by atoms with Crippen LogP contribution < -0.4 is 0 Å². The number of hydrogen-bond donors (Lipinski definition) is 1. The summed E-state index contributed by atoms with van der Waals surface area (Å²) in [6, 6.07) is 0. The monoisotopic (exact) mass is 152 g/mol. The second-order valence-corrected chi connectivity index (χ2v) is 2.72. The molecule has 1 rings (SSSR count). The molecule has 60 valence electrons. The predicted molar refractivity (Wildman–Crippen MR) is 43.3 cm³/mol. The first-order chi connectivity index (χ1) is 5.25. The molecule has 0 spiro atoms. The first kappa shape index (κ1) is 8.05. The Balaban J connectivity index is 2.90. The smallest absolute Gasteiger partial charge is 0.331 e. The zero-order valence-electron chi connectivity index (χ0n) is 6.47. The Bertz CT molecular complexity index is 214. The van der Waals surface area contributed by atoms with Crippen molar-refractivity contribution in [3.8, 4) is 0 Å².